The van der Waals surface area contributed by atoms with Crippen molar-refractivity contribution in [3.05, 3.63) is 33.0 Å². The van der Waals surface area contributed by atoms with Crippen LogP contribution in [-0.2, 0) is 0 Å². The molecule has 0 aromatic carbocycles. The van der Waals surface area contributed by atoms with Gasteiger partial charge in [-0.3, -0.25) is 0 Å². The van der Waals surface area contributed by atoms with Crippen molar-refractivity contribution < 1.29 is 0 Å². The zero-order valence-corrected chi connectivity index (χ0v) is 5.70. The van der Waals surface area contributed by atoms with Crippen LogP contribution in [0.3, 0.4) is 0 Å². The van der Waals surface area contributed by atoms with E-state index in [0.29, 0.717) is 6.42 Å². The van der Waals surface area contributed by atoms with Crippen LogP contribution in [0.2, 0.25) is 0 Å². The van der Waals surface area contributed by atoms with E-state index in [0.717, 1.165) is 0 Å². The highest BCUT2D eigenvalue weighted by Gasteiger charge is 2.19. The molecule has 0 saturated heterocycles. The molecule has 0 heterocycles. The predicted molar refractivity (Wildman–Crippen MR) is 39.6 cm³/mol. The lowest BCUT2D eigenvalue weighted by Gasteiger charge is -2.05. The van der Waals surface area contributed by atoms with Gasteiger partial charge < -0.3 is 0 Å². The summed E-state index contributed by atoms with van der Waals surface area (Å²) in [5, 5.41) is 6.93. The van der Waals surface area contributed by atoms with Crippen LogP contribution < -0.4 is 0 Å². The second-order valence-corrected chi connectivity index (χ2v) is 2.13. The molecular formula is C5H6N6. The summed E-state index contributed by atoms with van der Waals surface area (Å²) in [6.07, 6.45) is 4.26. The van der Waals surface area contributed by atoms with Crippen molar-refractivity contribution in [2.45, 2.75) is 18.5 Å². The fourth-order valence-corrected chi connectivity index (χ4v) is 0.982. The molecule has 0 saturated carbocycles. The first-order chi connectivity index (χ1) is 5.38. The van der Waals surface area contributed by atoms with Crippen molar-refractivity contribution in [1.29, 1.82) is 0 Å². The Hall–Kier alpha value is -1.64. The topological polar surface area (TPSA) is 97.5 Å². The van der Waals surface area contributed by atoms with E-state index >= 15 is 0 Å². The Morgan fingerprint density at radius 3 is 2.64 bits per heavy atom. The lowest BCUT2D eigenvalue weighted by Crippen LogP contribution is -2.13. The molecule has 0 fully saturated rings. The maximum absolute atomic E-state index is 8.11. The molecule has 0 aromatic heterocycles. The summed E-state index contributed by atoms with van der Waals surface area (Å²) in [6.45, 7) is 0. The van der Waals surface area contributed by atoms with E-state index in [1.807, 2.05) is 6.08 Å². The van der Waals surface area contributed by atoms with Crippen molar-refractivity contribution in [2.75, 3.05) is 0 Å². The average Bonchev–Trinajstić information content (AvgIpc) is 2.39. The molecule has 0 N–H and O–H groups in total. The minimum Gasteiger partial charge on any atom is -0.0896 e. The quantitative estimate of drug-likeness (QED) is 0.250. The lowest BCUT2D eigenvalue weighted by atomic mass is 10.2. The SMILES string of the molecule is [N-]=[N+]=NC1C=CCC1N=[N+]=[N-]. The summed E-state index contributed by atoms with van der Waals surface area (Å²) in [4.78, 5) is 5.29. The Morgan fingerprint density at radius 2 is 2.00 bits per heavy atom. The van der Waals surface area contributed by atoms with Gasteiger partial charge in [0.15, 0.2) is 0 Å². The van der Waals surface area contributed by atoms with Gasteiger partial charge in [0.25, 0.3) is 0 Å². The zero-order valence-electron chi connectivity index (χ0n) is 5.70. The van der Waals surface area contributed by atoms with E-state index in [4.69, 9.17) is 11.1 Å². The molecule has 1 aliphatic carbocycles. The molecule has 6 heteroatoms. The van der Waals surface area contributed by atoms with Crippen LogP contribution in [-0.4, -0.2) is 12.1 Å². The van der Waals surface area contributed by atoms with Crippen molar-refractivity contribution in [2.24, 2.45) is 10.2 Å². The van der Waals surface area contributed by atoms with Gasteiger partial charge in [-0.05, 0) is 17.5 Å². The molecule has 11 heavy (non-hydrogen) atoms. The predicted octanol–water partition coefficient (Wildman–Crippen LogP) is 2.30. The third-order valence-electron chi connectivity index (χ3n) is 1.49. The van der Waals surface area contributed by atoms with Crippen LogP contribution in [0.15, 0.2) is 22.4 Å². The highest BCUT2D eigenvalue weighted by atomic mass is 15.2. The number of hydrogen-bond acceptors (Lipinski definition) is 2. The summed E-state index contributed by atoms with van der Waals surface area (Å²) >= 11 is 0. The smallest absolute Gasteiger partial charge is 0.0642 e. The Labute approximate surface area is 62.8 Å². The highest BCUT2D eigenvalue weighted by Crippen LogP contribution is 2.17. The monoisotopic (exact) mass is 150 g/mol. The van der Waals surface area contributed by atoms with Gasteiger partial charge in [-0.1, -0.05) is 22.4 Å². The fraction of sp³-hybridized carbons (Fsp3) is 0.600. The minimum atomic E-state index is -0.295. The van der Waals surface area contributed by atoms with E-state index in [9.17, 15) is 0 Å². The molecule has 0 aliphatic heterocycles. The minimum absolute atomic E-state index is 0.226. The van der Waals surface area contributed by atoms with Crippen LogP contribution >= 0.6 is 0 Å². The number of rotatable bonds is 2. The van der Waals surface area contributed by atoms with Crippen molar-refractivity contribution >= 4 is 0 Å². The van der Waals surface area contributed by atoms with Gasteiger partial charge >= 0.3 is 0 Å². The van der Waals surface area contributed by atoms with Gasteiger partial charge in [-0.15, -0.1) is 0 Å². The molecule has 0 bridgehead atoms. The van der Waals surface area contributed by atoms with Crippen molar-refractivity contribution in [3.8, 4) is 0 Å². The molecule has 0 radical (unpaired) electrons. The lowest BCUT2D eigenvalue weighted by molar-refractivity contribution is 0.635. The first-order valence-electron chi connectivity index (χ1n) is 3.13. The second-order valence-electron chi connectivity index (χ2n) is 2.13. The van der Waals surface area contributed by atoms with Gasteiger partial charge in [0.2, 0.25) is 0 Å². The summed E-state index contributed by atoms with van der Waals surface area (Å²) < 4.78 is 0. The summed E-state index contributed by atoms with van der Waals surface area (Å²) in [7, 11) is 0. The van der Waals surface area contributed by atoms with E-state index in [1.165, 1.54) is 0 Å². The maximum Gasteiger partial charge on any atom is 0.0642 e. The molecule has 0 amide bonds. The Kier molecular flexibility index (Phi) is 2.38. The van der Waals surface area contributed by atoms with Gasteiger partial charge in [0.05, 0.1) is 12.1 Å². The van der Waals surface area contributed by atoms with Crippen LogP contribution in [0.1, 0.15) is 6.42 Å². The Bertz CT molecular complexity index is 256. The van der Waals surface area contributed by atoms with E-state index < -0.39 is 0 Å². The third kappa shape index (κ3) is 1.64. The largest absolute Gasteiger partial charge is 0.0896 e. The van der Waals surface area contributed by atoms with E-state index in [1.54, 1.807) is 6.08 Å². The van der Waals surface area contributed by atoms with Crippen LogP contribution in [0.5, 0.6) is 0 Å². The fourth-order valence-electron chi connectivity index (χ4n) is 0.982. The number of nitrogens with zero attached hydrogens (tertiary/aromatic N) is 6. The first kappa shape index (κ1) is 7.47. The summed E-state index contributed by atoms with van der Waals surface area (Å²) in [5.74, 6) is 0. The summed E-state index contributed by atoms with van der Waals surface area (Å²) in [5.41, 5.74) is 16.2. The second kappa shape index (κ2) is 3.51. The average molecular weight is 150 g/mol. The van der Waals surface area contributed by atoms with Crippen LogP contribution in [0.25, 0.3) is 20.9 Å². The molecule has 6 nitrogen and oxygen atoms in total. The normalized spacial score (nSPS) is 27.3. The van der Waals surface area contributed by atoms with Gasteiger partial charge in [0.1, 0.15) is 0 Å². The van der Waals surface area contributed by atoms with Gasteiger partial charge in [0, 0.05) is 9.82 Å². The van der Waals surface area contributed by atoms with E-state index in [2.05, 4.69) is 20.1 Å². The molecule has 2 atom stereocenters. The molecular weight excluding hydrogens is 144 g/mol. The Morgan fingerprint density at radius 1 is 1.27 bits per heavy atom. The molecule has 0 aromatic rings. The maximum atomic E-state index is 8.11. The first-order valence-corrected chi connectivity index (χ1v) is 3.13. The number of azide groups is 2. The van der Waals surface area contributed by atoms with Gasteiger partial charge in [-0.25, -0.2) is 0 Å². The van der Waals surface area contributed by atoms with Crippen LogP contribution in [0.4, 0.5) is 0 Å². The summed E-state index contributed by atoms with van der Waals surface area (Å²) in [6, 6.07) is -0.521. The van der Waals surface area contributed by atoms with Crippen molar-refractivity contribution in [1.82, 2.24) is 0 Å². The molecule has 0 spiro atoms. The number of hydrogen-bond donors (Lipinski definition) is 0. The Balaban J connectivity index is 2.70. The van der Waals surface area contributed by atoms with Gasteiger partial charge in [-0.2, -0.15) is 0 Å². The molecule has 2 unspecified atom stereocenters. The molecule has 1 rings (SSSR count). The highest BCUT2D eigenvalue weighted by molar-refractivity contribution is 5.09. The third-order valence-corrected chi connectivity index (χ3v) is 1.49. The molecule has 1 aliphatic rings. The standard InChI is InChI=1S/C5H6N6/c6-10-8-4-2-1-3-5(4)9-11-7/h1-2,4-5H,3H2. The molecule has 56 valence electrons. The van der Waals surface area contributed by atoms with E-state index in [-0.39, 0.29) is 12.1 Å². The zero-order chi connectivity index (χ0) is 8.10. The van der Waals surface area contributed by atoms with Crippen molar-refractivity contribution in [3.63, 3.8) is 0 Å². The van der Waals surface area contributed by atoms with Crippen LogP contribution in [0, 0.1) is 0 Å².